The van der Waals surface area contributed by atoms with Crippen LogP contribution in [0.3, 0.4) is 0 Å². The zero-order chi connectivity index (χ0) is 14.3. The van der Waals surface area contributed by atoms with E-state index >= 15 is 0 Å². The molecule has 1 unspecified atom stereocenters. The molecule has 0 radical (unpaired) electrons. The van der Waals surface area contributed by atoms with Gasteiger partial charge in [0.2, 0.25) is 0 Å². The maximum atomic E-state index is 11.6. The first-order valence-corrected chi connectivity index (χ1v) is 6.42. The molecule has 0 aromatic heterocycles. The number of carbonyl (C=O) groups excluding carboxylic acids is 1. The number of carboxylic acid groups (broad SMARTS) is 1. The van der Waals surface area contributed by atoms with Gasteiger partial charge < -0.3 is 15.7 Å². The maximum Gasteiger partial charge on any atom is 0.315 e. The smallest absolute Gasteiger partial charge is 0.315 e. The molecule has 0 spiro atoms. The van der Waals surface area contributed by atoms with Gasteiger partial charge in [0, 0.05) is 4.48 Å². The molecular weight excluding hydrogens is 312 g/mol. The molecule has 0 heterocycles. The van der Waals surface area contributed by atoms with E-state index in [-0.39, 0.29) is 13.0 Å². The van der Waals surface area contributed by atoms with Crippen LogP contribution < -0.4 is 10.6 Å². The Morgan fingerprint density at radius 1 is 1.32 bits per heavy atom. The molecule has 0 aliphatic rings. The van der Waals surface area contributed by atoms with Crippen molar-refractivity contribution in [3.8, 4) is 0 Å². The molecule has 2 amide bonds. The highest BCUT2D eigenvalue weighted by molar-refractivity contribution is 9.11. The predicted molar refractivity (Wildman–Crippen MR) is 76.0 cm³/mol. The minimum Gasteiger partial charge on any atom is -0.481 e. The third kappa shape index (κ3) is 6.05. The Morgan fingerprint density at radius 3 is 2.47 bits per heavy atom. The number of hydrogen-bond acceptors (Lipinski definition) is 2. The van der Waals surface area contributed by atoms with Crippen LogP contribution in [-0.4, -0.2) is 23.7 Å². The van der Waals surface area contributed by atoms with Crippen LogP contribution >= 0.6 is 15.9 Å². The molecule has 6 heteroatoms. The summed E-state index contributed by atoms with van der Waals surface area (Å²) in [5.74, 6) is -0.973. The summed E-state index contributed by atoms with van der Waals surface area (Å²) in [6, 6.07) is 7.97. The lowest BCUT2D eigenvalue weighted by atomic mass is 10.0. The Labute approximate surface area is 119 Å². The summed E-state index contributed by atoms with van der Waals surface area (Å²) in [5, 5.41) is 14.1. The van der Waals surface area contributed by atoms with E-state index in [1.165, 1.54) is 0 Å². The number of amides is 2. The molecule has 19 heavy (non-hydrogen) atoms. The predicted octanol–water partition coefficient (Wildman–Crippen LogP) is 2.41. The van der Waals surface area contributed by atoms with Crippen molar-refractivity contribution in [1.82, 2.24) is 10.6 Å². The van der Waals surface area contributed by atoms with Crippen molar-refractivity contribution in [3.05, 3.63) is 47.0 Å². The van der Waals surface area contributed by atoms with Gasteiger partial charge in [0.15, 0.2) is 0 Å². The molecule has 0 saturated carbocycles. The van der Waals surface area contributed by atoms with Crippen LogP contribution in [0.1, 0.15) is 18.0 Å². The van der Waals surface area contributed by atoms with Gasteiger partial charge in [-0.15, -0.1) is 0 Å². The van der Waals surface area contributed by atoms with E-state index in [0.29, 0.717) is 4.48 Å². The Balaban J connectivity index is 2.67. The SMILES string of the molecule is C=C(Br)CNC(=O)NC(CC(=O)O)c1ccccc1. The largest absolute Gasteiger partial charge is 0.481 e. The van der Waals surface area contributed by atoms with Crippen molar-refractivity contribution in [3.63, 3.8) is 0 Å². The van der Waals surface area contributed by atoms with Crippen LogP contribution in [0.4, 0.5) is 4.79 Å². The first kappa shape index (κ1) is 15.2. The highest BCUT2D eigenvalue weighted by Gasteiger charge is 2.17. The van der Waals surface area contributed by atoms with Crippen LogP contribution in [0, 0.1) is 0 Å². The van der Waals surface area contributed by atoms with Crippen molar-refractivity contribution < 1.29 is 14.7 Å². The molecule has 5 nitrogen and oxygen atoms in total. The van der Waals surface area contributed by atoms with E-state index in [2.05, 4.69) is 33.1 Å². The quantitative estimate of drug-likeness (QED) is 0.751. The molecule has 0 saturated heterocycles. The molecule has 0 aliphatic carbocycles. The van der Waals surface area contributed by atoms with Crippen molar-refractivity contribution in [2.75, 3.05) is 6.54 Å². The molecular formula is C13H15BrN2O3. The van der Waals surface area contributed by atoms with E-state index in [4.69, 9.17) is 5.11 Å². The molecule has 1 rings (SSSR count). The summed E-state index contributed by atoms with van der Waals surface area (Å²) in [6.45, 7) is 3.87. The van der Waals surface area contributed by atoms with Gasteiger partial charge in [-0.25, -0.2) is 4.79 Å². The molecule has 1 aromatic rings. The lowest BCUT2D eigenvalue weighted by molar-refractivity contribution is -0.137. The van der Waals surface area contributed by atoms with Crippen LogP contribution in [0.2, 0.25) is 0 Å². The second kappa shape index (κ2) is 7.58. The van der Waals surface area contributed by atoms with Gasteiger partial charge in [-0.05, 0) is 5.56 Å². The van der Waals surface area contributed by atoms with E-state index in [0.717, 1.165) is 5.56 Å². The second-order valence-corrected chi connectivity index (χ2v) is 5.03. The third-order valence-electron chi connectivity index (χ3n) is 2.33. The monoisotopic (exact) mass is 326 g/mol. The van der Waals surface area contributed by atoms with Crippen LogP contribution in [0.5, 0.6) is 0 Å². The van der Waals surface area contributed by atoms with Gasteiger partial charge in [0.1, 0.15) is 0 Å². The Hall–Kier alpha value is -1.82. The first-order valence-electron chi connectivity index (χ1n) is 5.63. The fourth-order valence-electron chi connectivity index (χ4n) is 1.50. The summed E-state index contributed by atoms with van der Waals surface area (Å²) in [4.78, 5) is 22.5. The number of carbonyl (C=O) groups is 2. The topological polar surface area (TPSA) is 78.4 Å². The number of hydrogen-bond donors (Lipinski definition) is 3. The number of nitrogens with one attached hydrogen (secondary N) is 2. The molecule has 3 N–H and O–H groups in total. The van der Waals surface area contributed by atoms with Crippen LogP contribution in [0.25, 0.3) is 0 Å². The van der Waals surface area contributed by atoms with Crippen molar-refractivity contribution in [2.24, 2.45) is 0 Å². The van der Waals surface area contributed by atoms with Gasteiger partial charge in [-0.1, -0.05) is 52.8 Å². The number of halogens is 1. The number of carboxylic acids is 1. The fraction of sp³-hybridized carbons (Fsp3) is 0.231. The number of rotatable bonds is 6. The molecule has 0 bridgehead atoms. The lowest BCUT2D eigenvalue weighted by Gasteiger charge is -2.17. The van der Waals surface area contributed by atoms with Crippen molar-refractivity contribution >= 4 is 27.9 Å². The van der Waals surface area contributed by atoms with Crippen molar-refractivity contribution in [1.29, 1.82) is 0 Å². The van der Waals surface area contributed by atoms with Gasteiger partial charge in [0.05, 0.1) is 19.0 Å². The highest BCUT2D eigenvalue weighted by Crippen LogP contribution is 2.16. The standard InChI is InChI=1S/C13H15BrN2O3/c1-9(14)8-15-13(19)16-11(7-12(17)18)10-5-3-2-4-6-10/h2-6,11H,1,7-8H2,(H,17,18)(H2,15,16,19). The summed E-state index contributed by atoms with van der Waals surface area (Å²) < 4.78 is 0.636. The van der Waals surface area contributed by atoms with Crippen LogP contribution in [-0.2, 0) is 4.79 Å². The minimum absolute atomic E-state index is 0.174. The number of aliphatic carboxylic acids is 1. The Morgan fingerprint density at radius 2 is 1.95 bits per heavy atom. The normalized spacial score (nSPS) is 11.4. The number of urea groups is 1. The average molecular weight is 327 g/mol. The molecule has 0 aliphatic heterocycles. The van der Waals surface area contributed by atoms with E-state index in [1.54, 1.807) is 24.3 Å². The molecule has 102 valence electrons. The van der Waals surface area contributed by atoms with Crippen LogP contribution in [0.15, 0.2) is 41.4 Å². The van der Waals surface area contributed by atoms with Gasteiger partial charge in [-0.3, -0.25) is 4.79 Å². The zero-order valence-corrected chi connectivity index (χ0v) is 11.8. The summed E-state index contributed by atoms with van der Waals surface area (Å²) in [6.07, 6.45) is -0.174. The summed E-state index contributed by atoms with van der Waals surface area (Å²) in [5.41, 5.74) is 0.748. The van der Waals surface area contributed by atoms with Gasteiger partial charge in [-0.2, -0.15) is 0 Å². The molecule has 1 atom stereocenters. The third-order valence-corrected chi connectivity index (χ3v) is 2.61. The minimum atomic E-state index is -0.973. The van der Waals surface area contributed by atoms with Gasteiger partial charge in [0.25, 0.3) is 0 Å². The molecule has 1 aromatic carbocycles. The lowest BCUT2D eigenvalue weighted by Crippen LogP contribution is -2.39. The molecule has 0 fully saturated rings. The highest BCUT2D eigenvalue weighted by atomic mass is 79.9. The summed E-state index contributed by atoms with van der Waals surface area (Å²) >= 11 is 3.12. The Kier molecular flexibility index (Phi) is 6.08. The van der Waals surface area contributed by atoms with Gasteiger partial charge >= 0.3 is 12.0 Å². The zero-order valence-electron chi connectivity index (χ0n) is 10.2. The Bertz CT molecular complexity index is 462. The number of benzene rings is 1. The fourth-order valence-corrected chi connectivity index (χ4v) is 1.64. The van der Waals surface area contributed by atoms with E-state index in [1.807, 2.05) is 6.07 Å². The van der Waals surface area contributed by atoms with E-state index < -0.39 is 18.0 Å². The first-order chi connectivity index (χ1) is 8.99. The second-order valence-electron chi connectivity index (χ2n) is 3.91. The maximum absolute atomic E-state index is 11.6. The van der Waals surface area contributed by atoms with E-state index in [9.17, 15) is 9.59 Å². The van der Waals surface area contributed by atoms with Crippen molar-refractivity contribution in [2.45, 2.75) is 12.5 Å². The summed E-state index contributed by atoms with van der Waals surface area (Å²) in [7, 11) is 0. The average Bonchev–Trinajstić information content (AvgIpc) is 2.36.